The Hall–Kier alpha value is -1.32. The number of aryl methyl sites for hydroxylation is 1. The van der Waals surface area contributed by atoms with Gasteiger partial charge in [-0.05, 0) is 44.4 Å². The molecule has 0 spiro atoms. The average molecular weight is 264 g/mol. The van der Waals surface area contributed by atoms with Crippen molar-refractivity contribution < 1.29 is 9.21 Å². The number of rotatable bonds is 4. The smallest absolute Gasteiger partial charge is 0.223 e. The predicted molar refractivity (Wildman–Crippen MR) is 73.4 cm³/mol. The van der Waals surface area contributed by atoms with Gasteiger partial charge in [-0.3, -0.25) is 4.79 Å². The average Bonchev–Trinajstić information content (AvgIpc) is 2.81. The Morgan fingerprint density at radius 2 is 2.11 bits per heavy atom. The molecule has 1 aliphatic rings. The largest absolute Gasteiger partial charge is 0.446 e. The minimum Gasteiger partial charge on any atom is -0.446 e. The van der Waals surface area contributed by atoms with Crippen LogP contribution in [-0.4, -0.2) is 10.9 Å². The molecular weight excluding hydrogens is 240 g/mol. The van der Waals surface area contributed by atoms with E-state index in [1.54, 1.807) is 0 Å². The fourth-order valence-electron chi connectivity index (χ4n) is 2.86. The third kappa shape index (κ3) is 3.58. The number of amides is 1. The lowest BCUT2D eigenvalue weighted by molar-refractivity contribution is -0.126. The zero-order chi connectivity index (χ0) is 13.8. The van der Waals surface area contributed by atoms with Crippen LogP contribution in [0.1, 0.15) is 51.0 Å². The van der Waals surface area contributed by atoms with E-state index in [1.165, 1.54) is 19.2 Å². The molecule has 4 nitrogen and oxygen atoms in total. The van der Waals surface area contributed by atoms with Crippen LogP contribution < -0.4 is 5.32 Å². The van der Waals surface area contributed by atoms with Crippen molar-refractivity contribution in [1.82, 2.24) is 10.3 Å². The normalized spacial score (nSPS) is 23.6. The van der Waals surface area contributed by atoms with Crippen molar-refractivity contribution in [3.63, 3.8) is 0 Å². The molecule has 4 heteroatoms. The van der Waals surface area contributed by atoms with Crippen LogP contribution in [0.15, 0.2) is 10.8 Å². The molecule has 19 heavy (non-hydrogen) atoms. The first-order chi connectivity index (χ1) is 9.08. The third-order valence-electron chi connectivity index (χ3n) is 4.35. The van der Waals surface area contributed by atoms with Gasteiger partial charge in [-0.15, -0.1) is 0 Å². The standard InChI is InChI=1S/C15H24N2O2/c1-10(2)12-4-6-13(7-5-12)15(18)16-8-14-11(3)17-9-19-14/h9-10,12-13H,4-8H2,1-3H3,(H,16,18). The van der Waals surface area contributed by atoms with Crippen LogP contribution in [-0.2, 0) is 11.3 Å². The van der Waals surface area contributed by atoms with Gasteiger partial charge in [0.05, 0.1) is 12.2 Å². The first-order valence-corrected chi connectivity index (χ1v) is 7.24. The van der Waals surface area contributed by atoms with Crippen LogP contribution >= 0.6 is 0 Å². The van der Waals surface area contributed by atoms with Gasteiger partial charge in [0.15, 0.2) is 6.39 Å². The van der Waals surface area contributed by atoms with Gasteiger partial charge in [-0.2, -0.15) is 0 Å². The van der Waals surface area contributed by atoms with E-state index < -0.39 is 0 Å². The van der Waals surface area contributed by atoms with Crippen molar-refractivity contribution in [1.29, 1.82) is 0 Å². The van der Waals surface area contributed by atoms with Gasteiger partial charge in [0.2, 0.25) is 5.91 Å². The number of nitrogens with one attached hydrogen (secondary N) is 1. The van der Waals surface area contributed by atoms with Crippen LogP contribution in [0.3, 0.4) is 0 Å². The lowest BCUT2D eigenvalue weighted by Gasteiger charge is -2.30. The van der Waals surface area contributed by atoms with Gasteiger partial charge in [-0.25, -0.2) is 4.98 Å². The summed E-state index contributed by atoms with van der Waals surface area (Å²) in [4.78, 5) is 16.1. The minimum absolute atomic E-state index is 0.165. The van der Waals surface area contributed by atoms with Gasteiger partial charge in [0.25, 0.3) is 0 Å². The summed E-state index contributed by atoms with van der Waals surface area (Å²) in [5, 5.41) is 2.97. The molecule has 1 N–H and O–H groups in total. The van der Waals surface area contributed by atoms with Gasteiger partial charge >= 0.3 is 0 Å². The number of carbonyl (C=O) groups excluding carboxylic acids is 1. The molecular formula is C15H24N2O2. The Balaban J connectivity index is 1.77. The Morgan fingerprint density at radius 1 is 1.42 bits per heavy atom. The number of nitrogens with zero attached hydrogens (tertiary/aromatic N) is 1. The van der Waals surface area contributed by atoms with Crippen molar-refractivity contribution in [3.8, 4) is 0 Å². The van der Waals surface area contributed by atoms with Crippen molar-refractivity contribution in [2.45, 2.75) is 53.0 Å². The lowest BCUT2D eigenvalue weighted by Crippen LogP contribution is -2.33. The molecule has 1 aromatic heterocycles. The van der Waals surface area contributed by atoms with Gasteiger partial charge < -0.3 is 9.73 Å². The summed E-state index contributed by atoms with van der Waals surface area (Å²) >= 11 is 0. The Kier molecular flexibility index (Phi) is 4.61. The van der Waals surface area contributed by atoms with E-state index in [4.69, 9.17) is 4.42 Å². The molecule has 0 aliphatic heterocycles. The fraction of sp³-hybridized carbons (Fsp3) is 0.733. The first kappa shape index (κ1) is 14.1. The van der Waals surface area contributed by atoms with E-state index in [0.717, 1.165) is 36.1 Å². The maximum atomic E-state index is 12.1. The zero-order valence-corrected chi connectivity index (χ0v) is 12.1. The second kappa shape index (κ2) is 6.22. The van der Waals surface area contributed by atoms with Crippen molar-refractivity contribution in [2.75, 3.05) is 0 Å². The van der Waals surface area contributed by atoms with Gasteiger partial charge in [-0.1, -0.05) is 13.8 Å². The van der Waals surface area contributed by atoms with Crippen LogP contribution in [0.4, 0.5) is 0 Å². The van der Waals surface area contributed by atoms with Crippen molar-refractivity contribution in [3.05, 3.63) is 17.8 Å². The second-order valence-electron chi connectivity index (χ2n) is 5.93. The highest BCUT2D eigenvalue weighted by Gasteiger charge is 2.27. The SMILES string of the molecule is Cc1ncoc1CNC(=O)C1CCC(C(C)C)CC1. The van der Waals surface area contributed by atoms with Crippen molar-refractivity contribution >= 4 is 5.91 Å². The van der Waals surface area contributed by atoms with E-state index in [2.05, 4.69) is 24.1 Å². The second-order valence-corrected chi connectivity index (χ2v) is 5.93. The minimum atomic E-state index is 0.165. The molecule has 0 unspecified atom stereocenters. The molecule has 0 bridgehead atoms. The van der Waals surface area contributed by atoms with Crippen LogP contribution in [0.25, 0.3) is 0 Å². The zero-order valence-electron chi connectivity index (χ0n) is 12.1. The van der Waals surface area contributed by atoms with E-state index in [-0.39, 0.29) is 11.8 Å². The third-order valence-corrected chi connectivity index (χ3v) is 4.35. The predicted octanol–water partition coefficient (Wildman–Crippen LogP) is 3.06. The summed E-state index contributed by atoms with van der Waals surface area (Å²) in [5.74, 6) is 2.63. The van der Waals surface area contributed by atoms with Crippen molar-refractivity contribution in [2.24, 2.45) is 17.8 Å². The molecule has 1 amide bonds. The maximum absolute atomic E-state index is 12.1. The topological polar surface area (TPSA) is 55.1 Å². The quantitative estimate of drug-likeness (QED) is 0.909. The highest BCUT2D eigenvalue weighted by molar-refractivity contribution is 5.78. The molecule has 106 valence electrons. The molecule has 0 radical (unpaired) electrons. The molecule has 0 atom stereocenters. The Morgan fingerprint density at radius 3 is 2.63 bits per heavy atom. The molecule has 1 heterocycles. The number of oxazole rings is 1. The highest BCUT2D eigenvalue weighted by Crippen LogP contribution is 2.33. The first-order valence-electron chi connectivity index (χ1n) is 7.24. The van der Waals surface area contributed by atoms with E-state index in [9.17, 15) is 4.79 Å². The van der Waals surface area contributed by atoms with Crippen LogP contribution in [0.5, 0.6) is 0 Å². The fourth-order valence-corrected chi connectivity index (χ4v) is 2.86. The van der Waals surface area contributed by atoms with Gasteiger partial charge in [0.1, 0.15) is 5.76 Å². The number of carbonyl (C=O) groups is 1. The molecule has 2 rings (SSSR count). The van der Waals surface area contributed by atoms with E-state index >= 15 is 0 Å². The molecule has 1 fully saturated rings. The van der Waals surface area contributed by atoms with Gasteiger partial charge in [0, 0.05) is 5.92 Å². The summed E-state index contributed by atoms with van der Waals surface area (Å²) in [7, 11) is 0. The molecule has 1 aliphatic carbocycles. The molecule has 1 saturated carbocycles. The molecule has 0 aromatic carbocycles. The number of hydrogen-bond acceptors (Lipinski definition) is 3. The number of hydrogen-bond donors (Lipinski definition) is 1. The summed E-state index contributed by atoms with van der Waals surface area (Å²) in [6, 6.07) is 0. The Bertz CT molecular complexity index is 418. The van der Waals surface area contributed by atoms with Crippen LogP contribution in [0.2, 0.25) is 0 Å². The van der Waals surface area contributed by atoms with E-state index in [1.807, 2.05) is 6.92 Å². The highest BCUT2D eigenvalue weighted by atomic mass is 16.3. The lowest BCUT2D eigenvalue weighted by atomic mass is 9.77. The summed E-state index contributed by atoms with van der Waals surface area (Å²) in [6.07, 6.45) is 5.81. The maximum Gasteiger partial charge on any atom is 0.223 e. The van der Waals surface area contributed by atoms with E-state index in [0.29, 0.717) is 6.54 Å². The van der Waals surface area contributed by atoms with Crippen LogP contribution in [0, 0.1) is 24.7 Å². The monoisotopic (exact) mass is 264 g/mol. The molecule has 0 saturated heterocycles. The Labute approximate surface area is 115 Å². The summed E-state index contributed by atoms with van der Waals surface area (Å²) < 4.78 is 5.22. The number of aromatic nitrogens is 1. The summed E-state index contributed by atoms with van der Waals surface area (Å²) in [5.41, 5.74) is 0.851. The molecule has 1 aromatic rings. The summed E-state index contributed by atoms with van der Waals surface area (Å²) in [6.45, 7) is 6.89.